The zero-order chi connectivity index (χ0) is 20.9. The molecular weight excluding hydrogens is 396 g/mol. The molecule has 0 bridgehead atoms. The normalized spacial score (nSPS) is 25.4. The van der Waals surface area contributed by atoms with E-state index in [0.717, 1.165) is 55.7 Å². The number of aromatic nitrogens is 3. The fraction of sp³-hybridized carbons (Fsp3) is 0.682. The van der Waals surface area contributed by atoms with Crippen LogP contribution in [-0.2, 0) is 4.79 Å². The first-order valence-corrected chi connectivity index (χ1v) is 12.2. The average molecular weight is 431 g/mol. The molecule has 2 saturated heterocycles. The van der Waals surface area contributed by atoms with E-state index in [1.54, 1.807) is 11.3 Å². The van der Waals surface area contributed by atoms with Crippen LogP contribution in [-0.4, -0.2) is 63.8 Å². The lowest BCUT2D eigenvalue weighted by Crippen LogP contribution is -2.46. The van der Waals surface area contributed by atoms with Crippen LogP contribution in [0, 0.1) is 5.92 Å². The van der Waals surface area contributed by atoms with Crippen molar-refractivity contribution in [3.05, 3.63) is 24.5 Å². The molecule has 8 heteroatoms. The van der Waals surface area contributed by atoms with Crippen molar-refractivity contribution in [1.82, 2.24) is 25.0 Å². The monoisotopic (exact) mass is 430 g/mol. The highest BCUT2D eigenvalue weighted by Crippen LogP contribution is 2.28. The van der Waals surface area contributed by atoms with Crippen LogP contribution in [0.1, 0.15) is 52.4 Å². The number of rotatable bonds is 7. The molecule has 2 aromatic heterocycles. The van der Waals surface area contributed by atoms with Crippen molar-refractivity contribution in [1.29, 1.82) is 0 Å². The van der Waals surface area contributed by atoms with E-state index in [0.29, 0.717) is 12.1 Å². The van der Waals surface area contributed by atoms with Crippen LogP contribution >= 0.6 is 11.3 Å². The summed E-state index contributed by atoms with van der Waals surface area (Å²) in [4.78, 5) is 17.6. The average Bonchev–Trinajstić information content (AvgIpc) is 3.44. The number of hydrogen-bond donors (Lipinski definition) is 1. The molecule has 0 radical (unpaired) electrons. The first-order valence-electron chi connectivity index (χ1n) is 11.4. The van der Waals surface area contributed by atoms with Gasteiger partial charge in [-0.05, 0) is 58.1 Å². The molecule has 2 aliphatic heterocycles. The minimum absolute atomic E-state index is 0.0329. The van der Waals surface area contributed by atoms with Gasteiger partial charge in [-0.15, -0.1) is 10.2 Å². The summed E-state index contributed by atoms with van der Waals surface area (Å²) in [5.74, 6) is 0.222. The van der Waals surface area contributed by atoms with Gasteiger partial charge in [-0.25, -0.2) is 0 Å². The lowest BCUT2D eigenvalue weighted by Gasteiger charge is -2.39. The molecule has 4 rings (SSSR count). The van der Waals surface area contributed by atoms with E-state index in [1.165, 1.54) is 19.3 Å². The summed E-state index contributed by atoms with van der Waals surface area (Å²) in [5.41, 5.74) is 0. The molecule has 4 heterocycles. The number of anilines is 1. The maximum absolute atomic E-state index is 12.8. The Morgan fingerprint density at radius 1 is 1.10 bits per heavy atom. The fourth-order valence-corrected chi connectivity index (χ4v) is 5.65. The minimum atomic E-state index is 0.0329. The van der Waals surface area contributed by atoms with Crippen LogP contribution in [0.2, 0.25) is 0 Å². The van der Waals surface area contributed by atoms with E-state index in [-0.39, 0.29) is 11.8 Å². The number of nitrogens with zero attached hydrogens (tertiary/aromatic N) is 5. The Morgan fingerprint density at radius 2 is 1.83 bits per heavy atom. The second-order valence-electron chi connectivity index (χ2n) is 8.75. The van der Waals surface area contributed by atoms with Gasteiger partial charge in [0.1, 0.15) is 0 Å². The molecule has 3 unspecified atom stereocenters. The molecule has 0 spiro atoms. The maximum Gasteiger partial charge on any atom is 0.224 e. The Morgan fingerprint density at radius 3 is 2.60 bits per heavy atom. The van der Waals surface area contributed by atoms with Crippen LogP contribution in [0.3, 0.4) is 0 Å². The standard InChI is InChI=1S/C22H34N6OS/c1-17-8-5-9-18(2)28(17)15-7-11-23-20(29)19-10-6-14-27(16-19)22-25-24-21(30-22)26-12-3-4-13-26/h3-4,12-13,17-19H,5-11,14-16H2,1-2H3,(H,23,29). The molecule has 0 aliphatic carbocycles. The summed E-state index contributed by atoms with van der Waals surface area (Å²) >= 11 is 1.58. The molecule has 2 aromatic rings. The zero-order valence-corrected chi connectivity index (χ0v) is 19.0. The van der Waals surface area contributed by atoms with E-state index in [4.69, 9.17) is 0 Å². The number of amides is 1. The molecule has 0 aromatic carbocycles. The molecule has 2 fully saturated rings. The fourth-order valence-electron chi connectivity index (χ4n) is 4.80. The molecule has 30 heavy (non-hydrogen) atoms. The Hall–Kier alpha value is -1.93. The van der Waals surface area contributed by atoms with Gasteiger partial charge in [0, 0.05) is 50.7 Å². The van der Waals surface area contributed by atoms with E-state index < -0.39 is 0 Å². The highest BCUT2D eigenvalue weighted by Gasteiger charge is 2.28. The van der Waals surface area contributed by atoms with Gasteiger partial charge in [-0.3, -0.25) is 14.3 Å². The van der Waals surface area contributed by atoms with E-state index >= 15 is 0 Å². The number of nitrogens with one attached hydrogen (secondary N) is 1. The summed E-state index contributed by atoms with van der Waals surface area (Å²) in [6, 6.07) is 5.29. The number of carbonyl (C=O) groups is 1. The van der Waals surface area contributed by atoms with Crippen molar-refractivity contribution in [2.24, 2.45) is 5.92 Å². The van der Waals surface area contributed by atoms with Crippen molar-refractivity contribution >= 4 is 22.4 Å². The summed E-state index contributed by atoms with van der Waals surface area (Å²) in [6.45, 7) is 8.18. The predicted molar refractivity (Wildman–Crippen MR) is 121 cm³/mol. The second-order valence-corrected chi connectivity index (χ2v) is 9.69. The minimum Gasteiger partial charge on any atom is -0.356 e. The third-order valence-electron chi connectivity index (χ3n) is 6.56. The van der Waals surface area contributed by atoms with Crippen LogP contribution in [0.15, 0.2) is 24.5 Å². The molecule has 1 amide bonds. The van der Waals surface area contributed by atoms with Gasteiger partial charge >= 0.3 is 0 Å². The molecule has 1 N–H and O–H groups in total. The van der Waals surface area contributed by atoms with Crippen molar-refractivity contribution < 1.29 is 4.79 Å². The largest absolute Gasteiger partial charge is 0.356 e. The van der Waals surface area contributed by atoms with Gasteiger partial charge in [0.2, 0.25) is 16.2 Å². The Bertz CT molecular complexity index is 796. The van der Waals surface area contributed by atoms with Gasteiger partial charge in [-0.2, -0.15) is 0 Å². The van der Waals surface area contributed by atoms with Crippen molar-refractivity contribution in [3.63, 3.8) is 0 Å². The third kappa shape index (κ3) is 5.03. The van der Waals surface area contributed by atoms with Crippen molar-refractivity contribution in [2.75, 3.05) is 31.1 Å². The number of hydrogen-bond acceptors (Lipinski definition) is 6. The number of piperidine rings is 2. The van der Waals surface area contributed by atoms with Crippen LogP contribution in [0.4, 0.5) is 5.13 Å². The van der Waals surface area contributed by atoms with Crippen LogP contribution in [0.5, 0.6) is 0 Å². The van der Waals surface area contributed by atoms with Crippen LogP contribution < -0.4 is 10.2 Å². The first kappa shape index (κ1) is 21.3. The smallest absolute Gasteiger partial charge is 0.224 e. The number of likely N-dealkylation sites (tertiary alicyclic amines) is 1. The lowest BCUT2D eigenvalue weighted by atomic mass is 9.97. The summed E-state index contributed by atoms with van der Waals surface area (Å²) < 4.78 is 1.97. The SMILES string of the molecule is CC1CCCC(C)N1CCCNC(=O)C1CCCN(c2nnc(-n3cccc3)s2)C1. The molecule has 7 nitrogen and oxygen atoms in total. The number of carbonyl (C=O) groups excluding carboxylic acids is 1. The molecule has 0 saturated carbocycles. The quantitative estimate of drug-likeness (QED) is 0.683. The van der Waals surface area contributed by atoms with Gasteiger partial charge in [0.15, 0.2) is 0 Å². The highest BCUT2D eigenvalue weighted by atomic mass is 32.1. The molecule has 164 valence electrons. The van der Waals surface area contributed by atoms with Gasteiger partial charge in [0.05, 0.1) is 5.92 Å². The third-order valence-corrected chi connectivity index (χ3v) is 7.56. The Kier molecular flexibility index (Phi) is 7.04. The summed E-state index contributed by atoms with van der Waals surface area (Å²) in [7, 11) is 0. The Labute approximate surface area is 183 Å². The van der Waals surface area contributed by atoms with E-state index in [9.17, 15) is 4.79 Å². The predicted octanol–water partition coefficient (Wildman–Crippen LogP) is 3.31. The highest BCUT2D eigenvalue weighted by molar-refractivity contribution is 7.17. The van der Waals surface area contributed by atoms with Crippen molar-refractivity contribution in [2.45, 2.75) is 64.5 Å². The molecular formula is C22H34N6OS. The van der Waals surface area contributed by atoms with Crippen LogP contribution in [0.25, 0.3) is 5.13 Å². The van der Waals surface area contributed by atoms with Gasteiger partial charge in [-0.1, -0.05) is 17.8 Å². The zero-order valence-electron chi connectivity index (χ0n) is 18.2. The van der Waals surface area contributed by atoms with Gasteiger partial charge in [0.25, 0.3) is 0 Å². The van der Waals surface area contributed by atoms with Crippen molar-refractivity contribution in [3.8, 4) is 5.13 Å². The van der Waals surface area contributed by atoms with Gasteiger partial charge < -0.3 is 10.2 Å². The molecule has 3 atom stereocenters. The maximum atomic E-state index is 12.8. The van der Waals surface area contributed by atoms with E-state index in [2.05, 4.69) is 39.2 Å². The molecule has 2 aliphatic rings. The topological polar surface area (TPSA) is 66.3 Å². The summed E-state index contributed by atoms with van der Waals surface area (Å²) in [5, 5.41) is 13.6. The first-order chi connectivity index (χ1) is 14.6. The second kappa shape index (κ2) is 9.92. The summed E-state index contributed by atoms with van der Waals surface area (Å²) in [6.07, 6.45) is 10.9. The lowest BCUT2D eigenvalue weighted by molar-refractivity contribution is -0.125. The Balaban J connectivity index is 1.24. The van der Waals surface area contributed by atoms with E-state index in [1.807, 2.05) is 29.1 Å².